The Labute approximate surface area is 180 Å². The number of hydrogen-bond donors (Lipinski definition) is 0. The lowest BCUT2D eigenvalue weighted by Gasteiger charge is -2.33. The van der Waals surface area contributed by atoms with Gasteiger partial charge in [0, 0.05) is 42.6 Å². The maximum Gasteiger partial charge on any atom is 0.325 e. The highest BCUT2D eigenvalue weighted by Crippen LogP contribution is 2.24. The monoisotopic (exact) mass is 429 g/mol. The third-order valence-electron chi connectivity index (χ3n) is 5.31. The summed E-state index contributed by atoms with van der Waals surface area (Å²) in [6, 6.07) is 8.73. The van der Waals surface area contributed by atoms with Gasteiger partial charge in [-0.15, -0.1) is 0 Å². The lowest BCUT2D eigenvalue weighted by molar-refractivity contribution is -0.134. The lowest BCUT2D eigenvalue weighted by Crippen LogP contribution is -2.48. The van der Waals surface area contributed by atoms with E-state index in [2.05, 4.69) is 9.97 Å². The molecule has 0 radical (unpaired) electrons. The molecule has 1 atom stereocenters. The van der Waals surface area contributed by atoms with E-state index >= 15 is 0 Å². The SMILES string of the molecule is Cc1nccc(OC2CCCN(C(=O)CN3CCN(c4cccc(Cl)c4)C3=O)C2)n1. The Morgan fingerprint density at radius 3 is 2.93 bits per heavy atom. The van der Waals surface area contributed by atoms with E-state index in [1.54, 1.807) is 39.1 Å². The van der Waals surface area contributed by atoms with Crippen LogP contribution in [-0.2, 0) is 4.79 Å². The molecule has 2 fully saturated rings. The first kappa shape index (κ1) is 20.4. The zero-order valence-corrected chi connectivity index (χ0v) is 17.6. The van der Waals surface area contributed by atoms with E-state index in [9.17, 15) is 9.59 Å². The Morgan fingerprint density at radius 1 is 1.27 bits per heavy atom. The maximum atomic E-state index is 12.9. The number of nitrogens with zero attached hydrogens (tertiary/aromatic N) is 5. The molecular formula is C21H24ClN5O3. The average Bonchev–Trinajstić information content (AvgIpc) is 3.08. The quantitative estimate of drug-likeness (QED) is 0.730. The van der Waals surface area contributed by atoms with E-state index in [0.29, 0.717) is 42.9 Å². The van der Waals surface area contributed by atoms with E-state index in [4.69, 9.17) is 16.3 Å². The third-order valence-corrected chi connectivity index (χ3v) is 5.54. The van der Waals surface area contributed by atoms with Gasteiger partial charge in [0.1, 0.15) is 18.5 Å². The van der Waals surface area contributed by atoms with Gasteiger partial charge in [-0.05, 0) is 38.0 Å². The third kappa shape index (κ3) is 4.64. The van der Waals surface area contributed by atoms with Gasteiger partial charge in [-0.1, -0.05) is 17.7 Å². The number of hydrogen-bond acceptors (Lipinski definition) is 5. The van der Waals surface area contributed by atoms with Crippen LogP contribution in [0.1, 0.15) is 18.7 Å². The maximum absolute atomic E-state index is 12.9. The number of ether oxygens (including phenoxy) is 1. The summed E-state index contributed by atoms with van der Waals surface area (Å²) in [6.07, 6.45) is 3.25. The number of aryl methyl sites for hydroxylation is 1. The standard InChI is InChI=1S/C21H24ClN5O3/c1-15-23-8-7-19(24-15)30-18-6-3-9-25(13-18)20(28)14-26-10-11-27(21(26)29)17-5-2-4-16(22)12-17/h2,4-5,7-8,12,18H,3,6,9-11,13-14H2,1H3. The van der Waals surface area contributed by atoms with Crippen LogP contribution >= 0.6 is 11.6 Å². The number of urea groups is 1. The van der Waals surface area contributed by atoms with Gasteiger partial charge in [-0.2, -0.15) is 4.98 Å². The number of amides is 3. The molecule has 2 aromatic rings. The molecule has 0 aliphatic carbocycles. The highest BCUT2D eigenvalue weighted by atomic mass is 35.5. The number of anilines is 1. The lowest BCUT2D eigenvalue weighted by atomic mass is 10.1. The second-order valence-electron chi connectivity index (χ2n) is 7.50. The molecule has 3 heterocycles. The van der Waals surface area contributed by atoms with Crippen LogP contribution in [0.3, 0.4) is 0 Å². The number of likely N-dealkylation sites (tertiary alicyclic amines) is 1. The van der Waals surface area contributed by atoms with Gasteiger partial charge in [0.2, 0.25) is 11.8 Å². The molecule has 2 saturated heterocycles. The molecule has 2 aliphatic heterocycles. The predicted octanol–water partition coefficient (Wildman–Crippen LogP) is 2.75. The van der Waals surface area contributed by atoms with Crippen LogP contribution in [0.5, 0.6) is 5.88 Å². The summed E-state index contributed by atoms with van der Waals surface area (Å²) in [7, 11) is 0. The van der Waals surface area contributed by atoms with Crippen molar-refractivity contribution in [2.24, 2.45) is 0 Å². The number of benzene rings is 1. The minimum atomic E-state index is -0.174. The Morgan fingerprint density at radius 2 is 2.13 bits per heavy atom. The molecule has 3 amide bonds. The molecule has 1 unspecified atom stereocenters. The second kappa shape index (κ2) is 8.87. The van der Waals surface area contributed by atoms with Crippen molar-refractivity contribution in [3.05, 3.63) is 47.4 Å². The average molecular weight is 430 g/mol. The molecule has 9 heteroatoms. The molecule has 4 rings (SSSR count). The van der Waals surface area contributed by atoms with Gasteiger partial charge in [-0.25, -0.2) is 9.78 Å². The van der Waals surface area contributed by atoms with E-state index in [1.807, 2.05) is 19.1 Å². The van der Waals surface area contributed by atoms with E-state index in [0.717, 1.165) is 18.5 Å². The van der Waals surface area contributed by atoms with Crippen LogP contribution in [0.25, 0.3) is 0 Å². The number of aromatic nitrogens is 2. The van der Waals surface area contributed by atoms with E-state index < -0.39 is 0 Å². The fourth-order valence-corrected chi connectivity index (χ4v) is 3.99. The van der Waals surface area contributed by atoms with E-state index in [-0.39, 0.29) is 24.6 Å². The van der Waals surface area contributed by atoms with Crippen molar-refractivity contribution in [1.29, 1.82) is 0 Å². The van der Waals surface area contributed by atoms with Gasteiger partial charge >= 0.3 is 6.03 Å². The van der Waals surface area contributed by atoms with Crippen molar-refractivity contribution in [2.75, 3.05) is 37.6 Å². The Bertz CT molecular complexity index is 940. The molecule has 30 heavy (non-hydrogen) atoms. The van der Waals surface area contributed by atoms with Crippen molar-refractivity contribution >= 4 is 29.2 Å². The molecule has 8 nitrogen and oxygen atoms in total. The second-order valence-corrected chi connectivity index (χ2v) is 7.94. The first-order valence-corrected chi connectivity index (χ1v) is 10.4. The van der Waals surface area contributed by atoms with Crippen LogP contribution < -0.4 is 9.64 Å². The van der Waals surface area contributed by atoms with Gasteiger partial charge in [0.15, 0.2) is 0 Å². The highest BCUT2D eigenvalue weighted by molar-refractivity contribution is 6.30. The zero-order chi connectivity index (χ0) is 21.1. The zero-order valence-electron chi connectivity index (χ0n) is 16.8. The fraction of sp³-hybridized carbons (Fsp3) is 0.429. The molecule has 1 aromatic carbocycles. The van der Waals surface area contributed by atoms with Crippen molar-refractivity contribution in [1.82, 2.24) is 19.8 Å². The number of carbonyl (C=O) groups is 2. The van der Waals surface area contributed by atoms with Crippen LogP contribution in [0.15, 0.2) is 36.5 Å². The molecule has 158 valence electrons. The summed E-state index contributed by atoms with van der Waals surface area (Å²) in [4.78, 5) is 39.0. The van der Waals surface area contributed by atoms with Gasteiger partial charge in [0.05, 0.1) is 6.54 Å². The van der Waals surface area contributed by atoms with Crippen LogP contribution in [0, 0.1) is 6.92 Å². The molecule has 0 bridgehead atoms. The van der Waals surface area contributed by atoms with Crippen LogP contribution in [-0.4, -0.2) is 70.5 Å². The number of carbonyl (C=O) groups excluding carboxylic acids is 2. The predicted molar refractivity (Wildman–Crippen MR) is 113 cm³/mol. The summed E-state index contributed by atoms with van der Waals surface area (Å²) in [5.74, 6) is 1.10. The Balaban J connectivity index is 1.34. The Kier molecular flexibility index (Phi) is 6.03. The van der Waals surface area contributed by atoms with Crippen molar-refractivity contribution < 1.29 is 14.3 Å². The van der Waals surface area contributed by atoms with Crippen molar-refractivity contribution in [3.8, 4) is 5.88 Å². The summed E-state index contributed by atoms with van der Waals surface area (Å²) >= 11 is 6.04. The number of halogens is 1. The van der Waals surface area contributed by atoms with Crippen LogP contribution in [0.4, 0.5) is 10.5 Å². The van der Waals surface area contributed by atoms with Crippen LogP contribution in [0.2, 0.25) is 5.02 Å². The largest absolute Gasteiger partial charge is 0.472 e. The van der Waals surface area contributed by atoms with Crippen molar-refractivity contribution in [2.45, 2.75) is 25.9 Å². The highest BCUT2D eigenvalue weighted by Gasteiger charge is 2.33. The molecule has 1 aromatic heterocycles. The minimum Gasteiger partial charge on any atom is -0.472 e. The number of rotatable bonds is 5. The fourth-order valence-electron chi connectivity index (χ4n) is 3.81. The smallest absolute Gasteiger partial charge is 0.325 e. The summed E-state index contributed by atoms with van der Waals surface area (Å²) in [6.45, 7) is 4.07. The molecule has 0 spiro atoms. The van der Waals surface area contributed by atoms with Gasteiger partial charge in [0.25, 0.3) is 0 Å². The van der Waals surface area contributed by atoms with Gasteiger partial charge < -0.3 is 14.5 Å². The summed E-state index contributed by atoms with van der Waals surface area (Å²) < 4.78 is 5.95. The summed E-state index contributed by atoms with van der Waals surface area (Å²) in [5, 5.41) is 0.577. The first-order valence-electron chi connectivity index (χ1n) is 10.1. The molecule has 0 N–H and O–H groups in total. The Hall–Kier alpha value is -2.87. The number of piperidine rings is 1. The minimum absolute atomic E-state index is 0.0647. The molecular weight excluding hydrogens is 406 g/mol. The van der Waals surface area contributed by atoms with E-state index in [1.165, 1.54) is 0 Å². The summed E-state index contributed by atoms with van der Waals surface area (Å²) in [5.41, 5.74) is 0.744. The van der Waals surface area contributed by atoms with Gasteiger partial charge in [-0.3, -0.25) is 9.69 Å². The molecule has 2 aliphatic rings. The molecule has 0 saturated carbocycles. The van der Waals surface area contributed by atoms with Crippen molar-refractivity contribution in [3.63, 3.8) is 0 Å². The first-order chi connectivity index (χ1) is 14.5. The normalized spacial score (nSPS) is 19.3. The topological polar surface area (TPSA) is 78.9 Å².